The Labute approximate surface area is 113 Å². The van der Waals surface area contributed by atoms with Crippen LogP contribution in [0.5, 0.6) is 0 Å². The molecule has 0 heterocycles. The second kappa shape index (κ2) is 5.76. The highest BCUT2D eigenvalue weighted by Gasteiger charge is 2.18. The van der Waals surface area contributed by atoms with Gasteiger partial charge in [0.15, 0.2) is 0 Å². The smallest absolute Gasteiger partial charge is 0.336 e. The van der Waals surface area contributed by atoms with Gasteiger partial charge in [-0.15, -0.1) is 5.73 Å². The quantitative estimate of drug-likeness (QED) is 0.511. The Hall–Kier alpha value is -1.70. The zero-order chi connectivity index (χ0) is 13.8. The van der Waals surface area contributed by atoms with E-state index < -0.39 is 5.97 Å². The molecular weight excluding hydrogens is 244 g/mol. The van der Waals surface area contributed by atoms with Crippen molar-refractivity contribution in [3.05, 3.63) is 47.2 Å². The average Bonchev–Trinajstić information content (AvgIpc) is 2.28. The van der Waals surface area contributed by atoms with Crippen LogP contribution in [-0.4, -0.2) is 16.4 Å². The van der Waals surface area contributed by atoms with E-state index in [9.17, 15) is 4.79 Å². The first kappa shape index (κ1) is 14.4. The van der Waals surface area contributed by atoms with Crippen LogP contribution in [0.15, 0.2) is 36.1 Å². The van der Waals surface area contributed by atoms with Gasteiger partial charge in [0.05, 0.1) is 6.08 Å². The maximum Gasteiger partial charge on any atom is 0.336 e. The van der Waals surface area contributed by atoms with Crippen LogP contribution in [0.4, 0.5) is 0 Å². The van der Waals surface area contributed by atoms with E-state index in [4.69, 9.17) is 17.3 Å². The van der Waals surface area contributed by atoms with E-state index in [2.05, 4.69) is 5.73 Å². The fourth-order valence-electron chi connectivity index (χ4n) is 1.60. The van der Waals surface area contributed by atoms with Crippen molar-refractivity contribution in [1.82, 2.24) is 0 Å². The largest absolute Gasteiger partial charge is 0.478 e. The average molecular weight is 260 g/mol. The number of carbonyl (C=O) groups is 1. The Morgan fingerprint density at radius 3 is 2.22 bits per heavy atom. The van der Waals surface area contributed by atoms with Gasteiger partial charge in [-0.2, -0.15) is 0 Å². The molecular formula is C15H16O2S. The van der Waals surface area contributed by atoms with Crippen molar-refractivity contribution in [1.29, 1.82) is 0 Å². The second-order valence-electron chi connectivity index (χ2n) is 4.99. The molecule has 0 aliphatic carbocycles. The summed E-state index contributed by atoms with van der Waals surface area (Å²) in [6.45, 7) is 6.08. The number of thiocarbonyl (C=S) groups is 1. The lowest BCUT2D eigenvalue weighted by atomic mass is 9.82. The van der Waals surface area contributed by atoms with Crippen molar-refractivity contribution in [2.75, 3.05) is 0 Å². The van der Waals surface area contributed by atoms with Gasteiger partial charge in [-0.1, -0.05) is 57.3 Å². The molecule has 1 rings (SSSR count). The van der Waals surface area contributed by atoms with Gasteiger partial charge in [0.1, 0.15) is 0 Å². The predicted octanol–water partition coefficient (Wildman–Crippen LogP) is 3.70. The van der Waals surface area contributed by atoms with E-state index in [1.54, 1.807) is 5.37 Å². The third kappa shape index (κ3) is 3.95. The maximum atomic E-state index is 10.6. The first-order valence-corrected chi connectivity index (χ1v) is 6.07. The summed E-state index contributed by atoms with van der Waals surface area (Å²) in [4.78, 5) is 10.6. The zero-order valence-electron chi connectivity index (χ0n) is 10.7. The Morgan fingerprint density at radius 2 is 1.83 bits per heavy atom. The molecule has 0 amide bonds. The van der Waals surface area contributed by atoms with Crippen LogP contribution in [-0.2, 0) is 4.79 Å². The molecule has 0 fully saturated rings. The molecule has 1 N–H and O–H groups in total. The number of benzene rings is 1. The van der Waals surface area contributed by atoms with Crippen LogP contribution in [0, 0.1) is 5.41 Å². The number of hydrogen-bond donors (Lipinski definition) is 1. The molecule has 1 aromatic rings. The number of carboxylic acids is 1. The highest BCUT2D eigenvalue weighted by molar-refractivity contribution is 7.79. The van der Waals surface area contributed by atoms with Gasteiger partial charge in [-0.3, -0.25) is 0 Å². The van der Waals surface area contributed by atoms with Crippen molar-refractivity contribution >= 4 is 29.1 Å². The molecule has 0 saturated heterocycles. The Kier molecular flexibility index (Phi) is 4.60. The van der Waals surface area contributed by atoms with Crippen LogP contribution < -0.4 is 0 Å². The summed E-state index contributed by atoms with van der Waals surface area (Å²) in [5.74, 6) is -0.993. The standard InChI is InChI=1S/C15H16O2S/c1-15(2,3)13(8-9-14(16)17)12-6-4-11(10-18)5-7-12/h4-7,9-10H,1-3H3,(H,16,17). The highest BCUT2D eigenvalue weighted by Crippen LogP contribution is 2.33. The Balaban J connectivity index is 3.31. The van der Waals surface area contributed by atoms with Gasteiger partial charge in [-0.05, 0) is 16.5 Å². The summed E-state index contributed by atoms with van der Waals surface area (Å²) < 4.78 is 0. The van der Waals surface area contributed by atoms with E-state index in [0.29, 0.717) is 0 Å². The molecule has 0 atom stereocenters. The summed E-state index contributed by atoms with van der Waals surface area (Å²) in [6, 6.07) is 7.69. The number of aliphatic carboxylic acids is 1. The second-order valence-corrected chi connectivity index (χ2v) is 5.23. The van der Waals surface area contributed by atoms with E-state index in [-0.39, 0.29) is 5.41 Å². The van der Waals surface area contributed by atoms with Gasteiger partial charge < -0.3 is 5.11 Å². The first-order valence-electron chi connectivity index (χ1n) is 5.60. The zero-order valence-corrected chi connectivity index (χ0v) is 11.5. The molecule has 3 heteroatoms. The number of rotatable bonds is 3. The minimum absolute atomic E-state index is 0.175. The number of carboxylic acid groups (broad SMARTS) is 1. The predicted molar refractivity (Wildman–Crippen MR) is 77.8 cm³/mol. The van der Waals surface area contributed by atoms with Crippen molar-refractivity contribution in [2.45, 2.75) is 20.8 Å². The van der Waals surface area contributed by atoms with Crippen LogP contribution in [0.2, 0.25) is 0 Å². The molecule has 0 bridgehead atoms. The Bertz CT molecular complexity index is 512. The van der Waals surface area contributed by atoms with Crippen LogP contribution in [0.1, 0.15) is 31.9 Å². The van der Waals surface area contributed by atoms with Crippen LogP contribution >= 0.6 is 12.2 Å². The SMILES string of the molecule is CC(C)(C)C(=C=CC(=O)O)c1ccc(C=S)cc1. The molecule has 0 aromatic heterocycles. The minimum Gasteiger partial charge on any atom is -0.478 e. The lowest BCUT2D eigenvalue weighted by Crippen LogP contribution is -2.08. The molecule has 0 unspecified atom stereocenters. The van der Waals surface area contributed by atoms with Gasteiger partial charge in [0.25, 0.3) is 0 Å². The van der Waals surface area contributed by atoms with Crippen molar-refractivity contribution in [3.63, 3.8) is 0 Å². The summed E-state index contributed by atoms with van der Waals surface area (Å²) in [5.41, 5.74) is 5.48. The van der Waals surface area contributed by atoms with E-state index in [1.807, 2.05) is 45.0 Å². The fraction of sp³-hybridized carbons (Fsp3) is 0.267. The van der Waals surface area contributed by atoms with E-state index >= 15 is 0 Å². The van der Waals surface area contributed by atoms with Crippen LogP contribution in [0.3, 0.4) is 0 Å². The molecule has 1 aromatic carbocycles. The molecule has 18 heavy (non-hydrogen) atoms. The van der Waals surface area contributed by atoms with Gasteiger partial charge in [-0.25, -0.2) is 4.79 Å². The van der Waals surface area contributed by atoms with Gasteiger partial charge in [0.2, 0.25) is 0 Å². The molecule has 0 radical (unpaired) electrons. The van der Waals surface area contributed by atoms with Crippen molar-refractivity contribution in [2.24, 2.45) is 5.41 Å². The molecule has 0 aliphatic rings. The number of hydrogen-bond acceptors (Lipinski definition) is 2. The maximum absolute atomic E-state index is 10.6. The summed E-state index contributed by atoms with van der Waals surface area (Å²) in [5, 5.41) is 10.3. The van der Waals surface area contributed by atoms with Crippen molar-refractivity contribution in [3.8, 4) is 0 Å². The van der Waals surface area contributed by atoms with Crippen molar-refractivity contribution < 1.29 is 9.90 Å². The lowest BCUT2D eigenvalue weighted by Gasteiger charge is -2.21. The topological polar surface area (TPSA) is 37.3 Å². The minimum atomic E-state index is -0.993. The summed E-state index contributed by atoms with van der Waals surface area (Å²) >= 11 is 4.86. The summed E-state index contributed by atoms with van der Waals surface area (Å²) in [6.07, 6.45) is 1.05. The molecule has 2 nitrogen and oxygen atoms in total. The summed E-state index contributed by atoms with van der Waals surface area (Å²) in [7, 11) is 0. The molecule has 0 saturated carbocycles. The van der Waals surface area contributed by atoms with E-state index in [1.165, 1.54) is 0 Å². The highest BCUT2D eigenvalue weighted by atomic mass is 32.1. The normalized spacial score (nSPS) is 10.4. The molecule has 0 spiro atoms. The fourth-order valence-corrected chi connectivity index (χ4v) is 1.75. The first-order chi connectivity index (χ1) is 8.34. The Morgan fingerprint density at radius 1 is 1.28 bits per heavy atom. The molecule has 0 aliphatic heterocycles. The monoisotopic (exact) mass is 260 g/mol. The molecule has 94 valence electrons. The van der Waals surface area contributed by atoms with Gasteiger partial charge in [0, 0.05) is 10.9 Å². The third-order valence-corrected chi connectivity index (χ3v) is 2.70. The van der Waals surface area contributed by atoms with Crippen LogP contribution in [0.25, 0.3) is 5.57 Å². The third-order valence-electron chi connectivity index (χ3n) is 2.43. The lowest BCUT2D eigenvalue weighted by molar-refractivity contribution is -0.131. The van der Waals surface area contributed by atoms with Gasteiger partial charge >= 0.3 is 5.97 Å². The van der Waals surface area contributed by atoms with E-state index in [0.717, 1.165) is 22.8 Å².